The number of fused-ring (bicyclic) bond motifs is 5. The first kappa shape index (κ1) is 25.0. The van der Waals surface area contributed by atoms with E-state index in [0.717, 1.165) is 0 Å². The van der Waals surface area contributed by atoms with Gasteiger partial charge in [0.05, 0.1) is 45.8 Å². The van der Waals surface area contributed by atoms with Gasteiger partial charge in [-0.3, -0.25) is 19.8 Å². The highest BCUT2D eigenvalue weighted by molar-refractivity contribution is 5.82. The Labute approximate surface area is 220 Å². The molecule has 11 nitrogen and oxygen atoms in total. The van der Waals surface area contributed by atoms with Gasteiger partial charge < -0.3 is 25.2 Å². The lowest BCUT2D eigenvalue weighted by Gasteiger charge is -2.56. The Kier molecular flexibility index (Phi) is 6.09. The summed E-state index contributed by atoms with van der Waals surface area (Å²) in [6.07, 6.45) is 4.12. The summed E-state index contributed by atoms with van der Waals surface area (Å²) < 4.78 is 39.3. The van der Waals surface area contributed by atoms with Gasteiger partial charge in [0.25, 0.3) is 11.8 Å². The van der Waals surface area contributed by atoms with Crippen molar-refractivity contribution in [2.45, 2.75) is 49.3 Å². The van der Waals surface area contributed by atoms with Crippen LogP contribution in [0.3, 0.4) is 0 Å². The van der Waals surface area contributed by atoms with Crippen molar-refractivity contribution in [3.05, 3.63) is 48.3 Å². The molecule has 3 saturated carbocycles. The third-order valence-electron chi connectivity index (χ3n) is 7.82. The standard InChI is InChI=1S/C26H26F2N6O5/c27-18-5-14(7-20-16(18)10-29-33-20)38-12-23(36)31-25-1-3-26(4-2-25,22(35)9-25)32-24(37)13-39-15-6-19(28)17-11-30-34-21(17)8-15/h5-8,10-11,22,35H,1-4,9,12-13H2,(H,29,33)(H,30,34)(H,31,36)(H,32,37)/t22-,25?,26?/m1/s1. The lowest BCUT2D eigenvalue weighted by atomic mass is 9.60. The summed E-state index contributed by atoms with van der Waals surface area (Å²) >= 11 is 0. The maximum Gasteiger partial charge on any atom is 0.258 e. The van der Waals surface area contributed by atoms with E-state index in [-0.39, 0.29) is 37.0 Å². The topological polar surface area (TPSA) is 154 Å². The van der Waals surface area contributed by atoms with Crippen LogP contribution < -0.4 is 20.1 Å². The number of ether oxygens (including phenoxy) is 2. The van der Waals surface area contributed by atoms with Gasteiger partial charge in [-0.05, 0) is 32.1 Å². The first-order chi connectivity index (χ1) is 18.7. The van der Waals surface area contributed by atoms with Crippen molar-refractivity contribution in [1.82, 2.24) is 31.0 Å². The number of amides is 2. The third kappa shape index (κ3) is 4.73. The highest BCUT2D eigenvalue weighted by atomic mass is 19.1. The van der Waals surface area contributed by atoms with Gasteiger partial charge in [-0.25, -0.2) is 8.78 Å². The minimum atomic E-state index is -0.888. The predicted octanol–water partition coefficient (Wildman–Crippen LogP) is 2.22. The largest absolute Gasteiger partial charge is 0.484 e. The maximum atomic E-state index is 14.1. The Morgan fingerprint density at radius 1 is 0.872 bits per heavy atom. The number of rotatable bonds is 8. The van der Waals surface area contributed by atoms with Gasteiger partial charge in [-0.1, -0.05) is 0 Å². The summed E-state index contributed by atoms with van der Waals surface area (Å²) in [7, 11) is 0. The van der Waals surface area contributed by atoms with E-state index >= 15 is 0 Å². The Bertz CT molecular complexity index is 1560. The van der Waals surface area contributed by atoms with Gasteiger partial charge in [-0.15, -0.1) is 0 Å². The molecule has 0 saturated heterocycles. The number of aliphatic hydroxyl groups excluding tert-OH is 1. The van der Waals surface area contributed by atoms with Crippen LogP contribution in [0.1, 0.15) is 32.1 Å². The number of aromatic amines is 2. The van der Waals surface area contributed by atoms with Crippen molar-refractivity contribution in [1.29, 1.82) is 0 Å². The molecule has 3 fully saturated rings. The molecule has 7 rings (SSSR count). The number of nitrogens with zero attached hydrogens (tertiary/aromatic N) is 2. The molecule has 2 heterocycles. The van der Waals surface area contributed by atoms with Crippen molar-refractivity contribution < 1.29 is 33.0 Å². The molecule has 2 bridgehead atoms. The molecule has 0 spiro atoms. The normalized spacial score (nSPS) is 24.1. The summed E-state index contributed by atoms with van der Waals surface area (Å²) in [6.45, 7) is -0.668. The fourth-order valence-corrected chi connectivity index (χ4v) is 5.74. The van der Waals surface area contributed by atoms with Crippen LogP contribution in [0.15, 0.2) is 36.7 Å². The number of nitrogens with one attached hydrogen (secondary N) is 4. The third-order valence-corrected chi connectivity index (χ3v) is 7.82. The summed E-state index contributed by atoms with van der Waals surface area (Å²) in [4.78, 5) is 25.4. The van der Waals surface area contributed by atoms with E-state index in [1.807, 2.05) is 0 Å². The van der Waals surface area contributed by atoms with E-state index in [9.17, 15) is 23.5 Å². The second kappa shape index (κ2) is 9.49. The number of benzene rings is 2. The van der Waals surface area contributed by atoms with Crippen LogP contribution in [0.2, 0.25) is 0 Å². The summed E-state index contributed by atoms with van der Waals surface area (Å²) in [6, 6.07) is 5.50. The minimum absolute atomic E-state index is 0.181. The van der Waals surface area contributed by atoms with E-state index in [0.29, 0.717) is 47.5 Å². The zero-order valence-corrected chi connectivity index (χ0v) is 20.7. The van der Waals surface area contributed by atoms with Gasteiger partial charge in [-0.2, -0.15) is 10.2 Å². The van der Waals surface area contributed by atoms with Crippen molar-refractivity contribution >= 4 is 33.6 Å². The molecule has 39 heavy (non-hydrogen) atoms. The van der Waals surface area contributed by atoms with E-state index in [4.69, 9.17) is 9.47 Å². The molecule has 3 aliphatic rings. The maximum absolute atomic E-state index is 14.1. The highest BCUT2D eigenvalue weighted by Gasteiger charge is 2.55. The highest BCUT2D eigenvalue weighted by Crippen LogP contribution is 2.47. The number of aliphatic hydroxyl groups is 1. The number of halogens is 2. The van der Waals surface area contributed by atoms with Gasteiger partial charge >= 0.3 is 0 Å². The molecule has 2 amide bonds. The van der Waals surface area contributed by atoms with Crippen molar-refractivity contribution in [2.75, 3.05) is 13.2 Å². The summed E-state index contributed by atoms with van der Waals surface area (Å²) in [5.41, 5.74) is -0.549. The molecule has 2 aromatic carbocycles. The Balaban J connectivity index is 1.02. The second-order valence-corrected chi connectivity index (χ2v) is 10.3. The number of hydrogen-bond acceptors (Lipinski definition) is 7. The fraction of sp³-hybridized carbons (Fsp3) is 0.385. The quantitative estimate of drug-likeness (QED) is 0.230. The van der Waals surface area contributed by atoms with Crippen LogP contribution in [-0.4, -0.2) is 67.7 Å². The van der Waals surface area contributed by atoms with Gasteiger partial charge in [0.2, 0.25) is 0 Å². The lowest BCUT2D eigenvalue weighted by Crippen LogP contribution is -2.70. The van der Waals surface area contributed by atoms with Gasteiger partial charge in [0, 0.05) is 29.8 Å². The average molecular weight is 541 g/mol. The molecule has 13 heteroatoms. The van der Waals surface area contributed by atoms with Crippen LogP contribution in [0.5, 0.6) is 11.5 Å². The zero-order valence-electron chi connectivity index (χ0n) is 20.7. The predicted molar refractivity (Wildman–Crippen MR) is 134 cm³/mol. The number of hydrogen-bond donors (Lipinski definition) is 5. The van der Waals surface area contributed by atoms with Crippen molar-refractivity contribution in [3.8, 4) is 11.5 Å². The SMILES string of the molecule is O=C(COc1cc(F)c2cn[nH]c2c1)NC12CCC(NC(=O)COc3cc(F)c4cn[nH]c4c3)(CC1)[C@H](O)C2. The number of H-pyrrole nitrogens is 2. The average Bonchev–Trinajstić information content (AvgIpc) is 3.58. The molecule has 0 aliphatic heterocycles. The smallest absolute Gasteiger partial charge is 0.258 e. The van der Waals surface area contributed by atoms with Crippen LogP contribution >= 0.6 is 0 Å². The van der Waals surface area contributed by atoms with Gasteiger partial charge in [0.1, 0.15) is 23.1 Å². The minimum Gasteiger partial charge on any atom is -0.484 e. The van der Waals surface area contributed by atoms with Crippen LogP contribution in [0.4, 0.5) is 8.78 Å². The molecule has 204 valence electrons. The van der Waals surface area contributed by atoms with Crippen molar-refractivity contribution in [3.63, 3.8) is 0 Å². The number of aromatic nitrogens is 4. The van der Waals surface area contributed by atoms with E-state index in [1.54, 1.807) is 12.1 Å². The van der Waals surface area contributed by atoms with Crippen LogP contribution in [0, 0.1) is 11.6 Å². The van der Waals surface area contributed by atoms with E-state index < -0.39 is 34.7 Å². The first-order valence-electron chi connectivity index (χ1n) is 12.6. The molecule has 1 atom stereocenters. The van der Waals surface area contributed by atoms with Crippen LogP contribution in [0.25, 0.3) is 21.8 Å². The number of carbonyl (C=O) groups excluding carboxylic acids is 2. The van der Waals surface area contributed by atoms with E-state index in [2.05, 4.69) is 31.0 Å². The molecule has 5 N–H and O–H groups in total. The summed E-state index contributed by atoms with van der Waals surface area (Å²) in [5, 5.41) is 30.4. The molecular weight excluding hydrogens is 514 g/mol. The molecule has 0 unspecified atom stereocenters. The number of carbonyl (C=O) groups is 2. The van der Waals surface area contributed by atoms with Gasteiger partial charge in [0.15, 0.2) is 13.2 Å². The molecule has 2 aromatic heterocycles. The summed E-state index contributed by atoms with van der Waals surface area (Å²) in [5.74, 6) is -1.47. The molecule has 4 aromatic rings. The molecule has 0 radical (unpaired) electrons. The Hall–Kier alpha value is -4.26. The van der Waals surface area contributed by atoms with E-state index in [1.165, 1.54) is 24.5 Å². The monoisotopic (exact) mass is 540 g/mol. The fourth-order valence-electron chi connectivity index (χ4n) is 5.74. The Morgan fingerprint density at radius 3 is 1.90 bits per heavy atom. The van der Waals surface area contributed by atoms with Crippen LogP contribution in [-0.2, 0) is 9.59 Å². The second-order valence-electron chi connectivity index (χ2n) is 10.3. The molecular formula is C26H26F2N6O5. The molecule has 3 aliphatic carbocycles. The Morgan fingerprint density at radius 2 is 1.38 bits per heavy atom. The first-order valence-corrected chi connectivity index (χ1v) is 12.6. The lowest BCUT2D eigenvalue weighted by molar-refractivity contribution is -0.137. The zero-order chi connectivity index (χ0) is 27.2. The van der Waals surface area contributed by atoms with Crippen molar-refractivity contribution in [2.24, 2.45) is 0 Å².